The second-order valence-electron chi connectivity index (χ2n) is 5.14. The Morgan fingerprint density at radius 2 is 1.76 bits per heavy atom. The molecule has 2 aromatic carbocycles. The monoisotopic (exact) mass is 286 g/mol. The van der Waals surface area contributed by atoms with Crippen LogP contribution in [0.2, 0.25) is 0 Å². The van der Waals surface area contributed by atoms with E-state index in [1.54, 1.807) is 24.9 Å². The minimum atomic E-state index is -0.398. The van der Waals surface area contributed by atoms with Gasteiger partial charge in [0.05, 0.1) is 0 Å². The first-order chi connectivity index (χ1) is 10.0. The maximum atomic E-state index is 13.3. The molecule has 0 spiro atoms. The lowest BCUT2D eigenvalue weighted by Gasteiger charge is -2.18. The molecular weight excluding hydrogens is 267 g/mol. The van der Waals surface area contributed by atoms with Crippen molar-refractivity contribution in [2.45, 2.75) is 20.0 Å². The van der Waals surface area contributed by atoms with E-state index in [4.69, 9.17) is 5.73 Å². The molecule has 1 amide bonds. The van der Waals surface area contributed by atoms with E-state index in [0.29, 0.717) is 18.7 Å². The van der Waals surface area contributed by atoms with Gasteiger partial charge in [-0.2, -0.15) is 0 Å². The molecule has 0 heterocycles. The van der Waals surface area contributed by atoms with Gasteiger partial charge in [-0.1, -0.05) is 30.3 Å². The first kappa shape index (κ1) is 15.2. The van der Waals surface area contributed by atoms with Crippen molar-refractivity contribution >= 4 is 5.91 Å². The summed E-state index contributed by atoms with van der Waals surface area (Å²) in [5.74, 6) is -0.584. The Morgan fingerprint density at radius 3 is 2.38 bits per heavy atom. The number of nitrogens with two attached hydrogens (primary N) is 1. The lowest BCUT2D eigenvalue weighted by Crippen LogP contribution is -2.27. The molecule has 0 aromatic heterocycles. The van der Waals surface area contributed by atoms with Gasteiger partial charge in [-0.25, -0.2) is 4.39 Å². The average molecular weight is 286 g/mol. The first-order valence-electron chi connectivity index (χ1n) is 6.80. The summed E-state index contributed by atoms with van der Waals surface area (Å²) in [5.41, 5.74) is 8.79. The number of halogens is 1. The summed E-state index contributed by atoms with van der Waals surface area (Å²) < 4.78 is 13.3. The van der Waals surface area contributed by atoms with Gasteiger partial charge in [-0.05, 0) is 35.7 Å². The number of carbonyl (C=O) groups excluding carboxylic acids is 1. The quantitative estimate of drug-likeness (QED) is 0.939. The van der Waals surface area contributed by atoms with Crippen LogP contribution in [-0.2, 0) is 13.1 Å². The molecule has 110 valence electrons. The lowest BCUT2D eigenvalue weighted by molar-refractivity contribution is 0.0784. The molecular formula is C17H19FN2O. The molecule has 4 heteroatoms. The van der Waals surface area contributed by atoms with Crippen LogP contribution in [0.5, 0.6) is 0 Å². The first-order valence-corrected chi connectivity index (χ1v) is 6.80. The fourth-order valence-corrected chi connectivity index (χ4v) is 2.16. The van der Waals surface area contributed by atoms with Crippen molar-refractivity contribution in [3.05, 3.63) is 70.5 Å². The summed E-state index contributed by atoms with van der Waals surface area (Å²) in [6.45, 7) is 2.77. The van der Waals surface area contributed by atoms with Crippen LogP contribution in [0.3, 0.4) is 0 Å². The number of hydrogen-bond donors (Lipinski definition) is 1. The van der Waals surface area contributed by atoms with Crippen molar-refractivity contribution in [3.63, 3.8) is 0 Å². The number of rotatable bonds is 4. The highest BCUT2D eigenvalue weighted by atomic mass is 19.1. The summed E-state index contributed by atoms with van der Waals surface area (Å²) in [6.07, 6.45) is 0. The van der Waals surface area contributed by atoms with Gasteiger partial charge in [0.15, 0.2) is 0 Å². The fraction of sp³-hybridized carbons (Fsp3) is 0.235. The van der Waals surface area contributed by atoms with Gasteiger partial charge in [0.2, 0.25) is 0 Å². The molecule has 0 unspecified atom stereocenters. The van der Waals surface area contributed by atoms with Gasteiger partial charge in [0.25, 0.3) is 5.91 Å². The van der Waals surface area contributed by atoms with Crippen molar-refractivity contribution in [2.75, 3.05) is 7.05 Å². The molecule has 0 aliphatic rings. The molecule has 2 N–H and O–H groups in total. The van der Waals surface area contributed by atoms with Crippen LogP contribution in [0, 0.1) is 12.7 Å². The standard InChI is InChI=1S/C17H19FN2O/c1-12-3-8-15(18)9-16(12)17(21)20(2)11-14-6-4-13(10-19)5-7-14/h3-9H,10-11,19H2,1-2H3. The molecule has 21 heavy (non-hydrogen) atoms. The van der Waals surface area contributed by atoms with Crippen molar-refractivity contribution in [1.29, 1.82) is 0 Å². The van der Waals surface area contributed by atoms with Crippen LogP contribution in [0.4, 0.5) is 4.39 Å². The smallest absolute Gasteiger partial charge is 0.254 e. The van der Waals surface area contributed by atoms with E-state index in [9.17, 15) is 9.18 Å². The van der Waals surface area contributed by atoms with Gasteiger partial charge in [0.1, 0.15) is 5.82 Å². The third-order valence-electron chi connectivity index (χ3n) is 3.46. The molecule has 0 atom stereocenters. The Hall–Kier alpha value is -2.20. The predicted molar refractivity (Wildman–Crippen MR) is 81.3 cm³/mol. The molecule has 0 bridgehead atoms. The Morgan fingerprint density at radius 1 is 1.14 bits per heavy atom. The van der Waals surface area contributed by atoms with E-state index in [1.807, 2.05) is 24.3 Å². The number of benzene rings is 2. The SMILES string of the molecule is Cc1ccc(F)cc1C(=O)N(C)Cc1ccc(CN)cc1. The molecule has 2 rings (SSSR count). The zero-order valence-electron chi connectivity index (χ0n) is 12.3. The fourth-order valence-electron chi connectivity index (χ4n) is 2.16. The van der Waals surface area contributed by atoms with Gasteiger partial charge in [0, 0.05) is 25.7 Å². The van der Waals surface area contributed by atoms with E-state index in [1.165, 1.54) is 12.1 Å². The maximum absolute atomic E-state index is 13.3. The third-order valence-corrected chi connectivity index (χ3v) is 3.46. The zero-order chi connectivity index (χ0) is 15.4. The lowest BCUT2D eigenvalue weighted by atomic mass is 10.1. The van der Waals surface area contributed by atoms with Crippen LogP contribution in [-0.4, -0.2) is 17.9 Å². The second kappa shape index (κ2) is 6.50. The van der Waals surface area contributed by atoms with Crippen LogP contribution in [0.25, 0.3) is 0 Å². The molecule has 0 saturated carbocycles. The van der Waals surface area contributed by atoms with Gasteiger partial charge < -0.3 is 10.6 Å². The van der Waals surface area contributed by atoms with E-state index >= 15 is 0 Å². The highest BCUT2D eigenvalue weighted by Gasteiger charge is 2.15. The van der Waals surface area contributed by atoms with Crippen LogP contribution in [0.1, 0.15) is 27.0 Å². The van der Waals surface area contributed by atoms with Gasteiger partial charge in [-0.3, -0.25) is 4.79 Å². The van der Waals surface area contributed by atoms with E-state index in [0.717, 1.165) is 16.7 Å². The Balaban J connectivity index is 2.13. The zero-order valence-corrected chi connectivity index (χ0v) is 12.3. The molecule has 0 aliphatic carbocycles. The number of amides is 1. The molecule has 0 radical (unpaired) electrons. The second-order valence-corrected chi connectivity index (χ2v) is 5.14. The summed E-state index contributed by atoms with van der Waals surface area (Å²) in [4.78, 5) is 14.0. The van der Waals surface area contributed by atoms with E-state index in [-0.39, 0.29) is 5.91 Å². The van der Waals surface area contributed by atoms with Crippen molar-refractivity contribution in [3.8, 4) is 0 Å². The highest BCUT2D eigenvalue weighted by Crippen LogP contribution is 2.14. The molecule has 0 saturated heterocycles. The predicted octanol–water partition coefficient (Wildman–Crippen LogP) is 2.87. The van der Waals surface area contributed by atoms with Crippen LogP contribution < -0.4 is 5.73 Å². The van der Waals surface area contributed by atoms with Crippen molar-refractivity contribution < 1.29 is 9.18 Å². The number of carbonyl (C=O) groups is 1. The Bertz CT molecular complexity index is 638. The molecule has 2 aromatic rings. The largest absolute Gasteiger partial charge is 0.337 e. The topological polar surface area (TPSA) is 46.3 Å². The molecule has 0 aliphatic heterocycles. The Kier molecular flexibility index (Phi) is 4.70. The van der Waals surface area contributed by atoms with Crippen LogP contribution in [0.15, 0.2) is 42.5 Å². The van der Waals surface area contributed by atoms with E-state index in [2.05, 4.69) is 0 Å². The summed E-state index contributed by atoms with van der Waals surface area (Å²) in [7, 11) is 1.71. The van der Waals surface area contributed by atoms with Crippen molar-refractivity contribution in [1.82, 2.24) is 4.90 Å². The van der Waals surface area contributed by atoms with Crippen molar-refractivity contribution in [2.24, 2.45) is 5.73 Å². The third kappa shape index (κ3) is 3.67. The maximum Gasteiger partial charge on any atom is 0.254 e. The van der Waals surface area contributed by atoms with Gasteiger partial charge >= 0.3 is 0 Å². The van der Waals surface area contributed by atoms with Crippen LogP contribution >= 0.6 is 0 Å². The summed E-state index contributed by atoms with van der Waals surface area (Å²) in [6, 6.07) is 12.0. The summed E-state index contributed by atoms with van der Waals surface area (Å²) >= 11 is 0. The normalized spacial score (nSPS) is 10.5. The average Bonchev–Trinajstić information content (AvgIpc) is 2.49. The summed E-state index contributed by atoms with van der Waals surface area (Å²) in [5, 5.41) is 0. The highest BCUT2D eigenvalue weighted by molar-refractivity contribution is 5.95. The minimum Gasteiger partial charge on any atom is -0.337 e. The van der Waals surface area contributed by atoms with E-state index < -0.39 is 5.82 Å². The number of nitrogens with zero attached hydrogens (tertiary/aromatic N) is 1. The Labute approximate surface area is 124 Å². The molecule has 3 nitrogen and oxygen atoms in total. The minimum absolute atomic E-state index is 0.185. The number of aryl methyl sites for hydroxylation is 1. The number of hydrogen-bond acceptors (Lipinski definition) is 2. The van der Waals surface area contributed by atoms with Gasteiger partial charge in [-0.15, -0.1) is 0 Å². The molecule has 0 fully saturated rings.